The molecule has 1 aromatic carbocycles. The number of oxazole rings is 1. The van der Waals surface area contributed by atoms with Crippen LogP contribution in [0.5, 0.6) is 0 Å². The molecule has 0 fully saturated rings. The number of nitrogens with one attached hydrogen (secondary N) is 1. The summed E-state index contributed by atoms with van der Waals surface area (Å²) in [5, 5.41) is 8.37. The highest BCUT2D eigenvalue weighted by Crippen LogP contribution is 2.32. The van der Waals surface area contributed by atoms with Crippen LogP contribution in [0, 0.1) is 0 Å². The molecule has 0 unspecified atom stereocenters. The molecule has 0 saturated heterocycles. The lowest BCUT2D eigenvalue weighted by Gasteiger charge is -2.07. The molecule has 1 amide bonds. The Morgan fingerprint density at radius 1 is 1.00 bits per heavy atom. The first-order chi connectivity index (χ1) is 19.1. The first-order valence-corrected chi connectivity index (χ1v) is 12.9. The number of aromatic nitrogens is 5. The molecule has 0 atom stereocenters. The summed E-state index contributed by atoms with van der Waals surface area (Å²) in [5.74, 6) is 0.293. The lowest BCUT2D eigenvalue weighted by molar-refractivity contribution is -0.122. The van der Waals surface area contributed by atoms with Gasteiger partial charge in [-0.2, -0.15) is 10.1 Å². The van der Waals surface area contributed by atoms with Crippen molar-refractivity contribution < 1.29 is 23.4 Å². The highest BCUT2D eigenvalue weighted by atomic mass is 16.5. The molecule has 3 heterocycles. The number of carbonyl (C=O) groups excluding carboxylic acids is 1. The predicted molar refractivity (Wildman–Crippen MR) is 146 cm³/mol. The summed E-state index contributed by atoms with van der Waals surface area (Å²) >= 11 is 0. The van der Waals surface area contributed by atoms with E-state index in [2.05, 4.69) is 20.3 Å². The molecule has 0 bridgehead atoms. The monoisotopic (exact) mass is 541 g/mol. The maximum absolute atomic E-state index is 12.1. The summed E-state index contributed by atoms with van der Waals surface area (Å²) < 4.78 is 23.2. The van der Waals surface area contributed by atoms with E-state index in [0.29, 0.717) is 99.3 Å². The van der Waals surface area contributed by atoms with Gasteiger partial charge in [-0.05, 0) is 31.0 Å². The molecule has 0 aliphatic heterocycles. The molecule has 39 heavy (non-hydrogen) atoms. The normalized spacial score (nSPS) is 11.5. The number of nitrogen functional groups attached to an aromatic ring is 2. The second-order valence-electron chi connectivity index (χ2n) is 8.70. The van der Waals surface area contributed by atoms with Gasteiger partial charge in [-0.1, -0.05) is 0 Å². The van der Waals surface area contributed by atoms with Crippen LogP contribution in [-0.4, -0.2) is 83.4 Å². The topological polar surface area (TPSA) is 204 Å². The van der Waals surface area contributed by atoms with Crippen LogP contribution < -0.4 is 22.5 Å². The lowest BCUT2D eigenvalue weighted by atomic mass is 10.1. The van der Waals surface area contributed by atoms with Crippen LogP contribution in [0.2, 0.25) is 0 Å². The van der Waals surface area contributed by atoms with Crippen molar-refractivity contribution in [2.24, 2.45) is 5.73 Å². The van der Waals surface area contributed by atoms with E-state index in [0.717, 1.165) is 18.4 Å². The third-order valence-electron chi connectivity index (χ3n) is 5.83. The standard InChI is InChI=1S/C25H35N9O5/c26-6-10-37-12-14-38-13-11-36-9-5-20(35)29-7-1-2-8-34-24-21(23(27)30-16-31-24)22(33-34)17-3-4-19-18(15-17)32-25(28)39-19/h3-4,15-16H,1-2,5-14,26H2,(H2,28,32)(H,29,35)(H2,27,30,31). The molecule has 3 aromatic heterocycles. The van der Waals surface area contributed by atoms with E-state index in [1.165, 1.54) is 6.33 Å². The van der Waals surface area contributed by atoms with Gasteiger partial charge >= 0.3 is 0 Å². The Morgan fingerprint density at radius 3 is 2.56 bits per heavy atom. The van der Waals surface area contributed by atoms with E-state index >= 15 is 0 Å². The molecule has 4 aromatic rings. The largest absolute Gasteiger partial charge is 0.424 e. The number of rotatable bonds is 17. The molecule has 4 rings (SSSR count). The molecular formula is C25H35N9O5. The van der Waals surface area contributed by atoms with Crippen LogP contribution in [0.15, 0.2) is 28.9 Å². The molecule has 14 heteroatoms. The van der Waals surface area contributed by atoms with Crippen LogP contribution in [0.1, 0.15) is 19.3 Å². The SMILES string of the molecule is NCCOCCOCCOCCC(=O)NCCCCn1nc(-c2ccc3oc(N)nc3c2)c2c(N)ncnc21. The number of unbranched alkanes of at least 4 members (excludes halogenated alkanes) is 1. The van der Waals surface area contributed by atoms with E-state index in [1.54, 1.807) is 6.07 Å². The van der Waals surface area contributed by atoms with E-state index in [4.69, 9.17) is 40.9 Å². The second kappa shape index (κ2) is 14.3. The molecule has 0 spiro atoms. The summed E-state index contributed by atoms with van der Waals surface area (Å²) in [6, 6.07) is 5.62. The zero-order valence-corrected chi connectivity index (χ0v) is 21.8. The number of aryl methyl sites for hydroxylation is 1. The van der Waals surface area contributed by atoms with Crippen molar-refractivity contribution in [2.45, 2.75) is 25.8 Å². The quantitative estimate of drug-likeness (QED) is 0.139. The fraction of sp³-hybridized carbons (Fsp3) is 0.480. The second-order valence-corrected chi connectivity index (χ2v) is 8.70. The molecule has 0 saturated carbocycles. The van der Waals surface area contributed by atoms with Gasteiger partial charge in [-0.3, -0.25) is 4.79 Å². The molecular weight excluding hydrogens is 506 g/mol. The van der Waals surface area contributed by atoms with Crippen molar-refractivity contribution in [1.29, 1.82) is 0 Å². The Kier molecular flexibility index (Phi) is 10.4. The third-order valence-corrected chi connectivity index (χ3v) is 5.83. The van der Waals surface area contributed by atoms with Gasteiger partial charge in [-0.15, -0.1) is 0 Å². The molecule has 7 N–H and O–H groups in total. The molecule has 0 radical (unpaired) electrons. The first-order valence-electron chi connectivity index (χ1n) is 12.9. The zero-order chi connectivity index (χ0) is 27.5. The highest BCUT2D eigenvalue weighted by Gasteiger charge is 2.18. The number of nitrogens with two attached hydrogens (primary N) is 3. The molecule has 14 nitrogen and oxygen atoms in total. The van der Waals surface area contributed by atoms with Crippen LogP contribution in [0.3, 0.4) is 0 Å². The summed E-state index contributed by atoms with van der Waals surface area (Å²) in [4.78, 5) is 24.8. The number of hydrogen-bond acceptors (Lipinski definition) is 12. The number of benzene rings is 1. The van der Waals surface area contributed by atoms with Crippen molar-refractivity contribution in [3.05, 3.63) is 24.5 Å². The smallest absolute Gasteiger partial charge is 0.292 e. The van der Waals surface area contributed by atoms with Gasteiger partial charge in [0.25, 0.3) is 6.01 Å². The number of amides is 1. The van der Waals surface area contributed by atoms with Gasteiger partial charge in [0.15, 0.2) is 11.2 Å². The zero-order valence-electron chi connectivity index (χ0n) is 21.8. The summed E-state index contributed by atoms with van der Waals surface area (Å²) in [5.41, 5.74) is 20.5. The Bertz CT molecular complexity index is 1360. The summed E-state index contributed by atoms with van der Waals surface area (Å²) in [6.07, 6.45) is 3.27. The average molecular weight is 542 g/mol. The summed E-state index contributed by atoms with van der Waals surface area (Å²) in [7, 11) is 0. The fourth-order valence-electron chi connectivity index (χ4n) is 3.97. The van der Waals surface area contributed by atoms with E-state index < -0.39 is 0 Å². The van der Waals surface area contributed by atoms with Gasteiger partial charge < -0.3 is 41.1 Å². The number of anilines is 2. The minimum Gasteiger partial charge on any atom is -0.424 e. The van der Waals surface area contributed by atoms with E-state index in [-0.39, 0.29) is 11.9 Å². The van der Waals surface area contributed by atoms with E-state index in [1.807, 2.05) is 16.8 Å². The number of ether oxygens (including phenoxy) is 3. The Morgan fingerprint density at radius 2 is 1.77 bits per heavy atom. The van der Waals surface area contributed by atoms with Gasteiger partial charge in [0, 0.05) is 31.6 Å². The maximum atomic E-state index is 12.1. The Balaban J connectivity index is 1.20. The number of fused-ring (bicyclic) bond motifs is 2. The maximum Gasteiger partial charge on any atom is 0.292 e. The molecule has 210 valence electrons. The van der Waals surface area contributed by atoms with Gasteiger partial charge in [0.2, 0.25) is 5.91 Å². The first kappa shape index (κ1) is 28.2. The lowest BCUT2D eigenvalue weighted by Crippen LogP contribution is -2.26. The minimum atomic E-state index is -0.0534. The third kappa shape index (κ3) is 7.83. The van der Waals surface area contributed by atoms with Crippen molar-refractivity contribution in [3.63, 3.8) is 0 Å². The van der Waals surface area contributed by atoms with Crippen LogP contribution in [0.25, 0.3) is 33.4 Å². The predicted octanol–water partition coefficient (Wildman–Crippen LogP) is 1.09. The Hall–Kier alpha value is -3.85. The average Bonchev–Trinajstić information content (AvgIpc) is 3.49. The van der Waals surface area contributed by atoms with E-state index in [9.17, 15) is 4.79 Å². The van der Waals surface area contributed by atoms with Crippen LogP contribution in [0.4, 0.5) is 11.8 Å². The van der Waals surface area contributed by atoms with Crippen molar-refractivity contribution in [1.82, 2.24) is 30.0 Å². The number of carbonyl (C=O) groups is 1. The highest BCUT2D eigenvalue weighted by molar-refractivity contribution is 5.99. The minimum absolute atomic E-state index is 0.0534. The van der Waals surface area contributed by atoms with Crippen molar-refractivity contribution in [3.8, 4) is 11.3 Å². The van der Waals surface area contributed by atoms with Crippen LogP contribution >= 0.6 is 0 Å². The Labute approximate surface area is 225 Å². The molecule has 0 aliphatic rings. The number of hydrogen-bond donors (Lipinski definition) is 4. The van der Waals surface area contributed by atoms with Gasteiger partial charge in [0.05, 0.1) is 45.0 Å². The van der Waals surface area contributed by atoms with Crippen LogP contribution in [-0.2, 0) is 25.5 Å². The summed E-state index contributed by atoms with van der Waals surface area (Å²) in [6.45, 7) is 4.41. The fourth-order valence-corrected chi connectivity index (χ4v) is 3.97. The van der Waals surface area contributed by atoms with Crippen molar-refractivity contribution in [2.75, 3.05) is 64.2 Å². The number of nitrogens with zero attached hydrogens (tertiary/aromatic N) is 5. The van der Waals surface area contributed by atoms with Crippen molar-refractivity contribution >= 4 is 39.9 Å². The molecule has 0 aliphatic carbocycles. The van der Waals surface area contributed by atoms with Gasteiger partial charge in [-0.25, -0.2) is 14.6 Å². The van der Waals surface area contributed by atoms with Gasteiger partial charge in [0.1, 0.15) is 23.4 Å².